The zero-order valence-electron chi connectivity index (χ0n) is 5.35. The lowest BCUT2D eigenvalue weighted by Crippen LogP contribution is -2.41. The molecular formula is C5H15N3. The van der Waals surface area contributed by atoms with Gasteiger partial charge in [-0.25, -0.2) is 0 Å². The van der Waals surface area contributed by atoms with Gasteiger partial charge < -0.3 is 16.8 Å². The lowest BCUT2D eigenvalue weighted by Gasteiger charge is -2.04. The zero-order chi connectivity index (χ0) is 6.41. The Morgan fingerprint density at radius 1 is 1.50 bits per heavy atom. The molecule has 0 aliphatic rings. The molecule has 0 amide bonds. The van der Waals surface area contributed by atoms with Gasteiger partial charge in [0.05, 0.1) is 6.17 Å². The molecule has 0 aliphatic carbocycles. The van der Waals surface area contributed by atoms with Crippen LogP contribution in [0.1, 0.15) is 13.3 Å². The third-order valence-corrected chi connectivity index (χ3v) is 0.807. The summed E-state index contributed by atoms with van der Waals surface area (Å²) in [6.45, 7) is 3.83. The normalized spacial score (nSPS) is 10.5. The summed E-state index contributed by atoms with van der Waals surface area (Å²) in [4.78, 5) is 0. The van der Waals surface area contributed by atoms with Crippen LogP contribution in [-0.2, 0) is 0 Å². The van der Waals surface area contributed by atoms with Crippen LogP contribution in [0, 0.1) is 0 Å². The first-order valence-corrected chi connectivity index (χ1v) is 2.99. The summed E-state index contributed by atoms with van der Waals surface area (Å²) in [6, 6.07) is 0. The van der Waals surface area contributed by atoms with Crippen LogP contribution in [-0.4, -0.2) is 19.3 Å². The molecule has 8 heavy (non-hydrogen) atoms. The standard InChI is InChI=1S/C5H15N3/c1-2-3-8-4-5(6)7/h5,8H,2-4,6-7H2,1H3. The van der Waals surface area contributed by atoms with Crippen molar-refractivity contribution in [2.45, 2.75) is 19.5 Å². The maximum atomic E-state index is 5.25. The maximum Gasteiger partial charge on any atom is 0.0649 e. The van der Waals surface area contributed by atoms with Crippen LogP contribution in [0.15, 0.2) is 0 Å². The molecule has 3 heteroatoms. The van der Waals surface area contributed by atoms with E-state index in [0.717, 1.165) is 13.0 Å². The Morgan fingerprint density at radius 3 is 2.50 bits per heavy atom. The predicted molar refractivity (Wildman–Crippen MR) is 35.3 cm³/mol. The minimum atomic E-state index is -0.207. The van der Waals surface area contributed by atoms with E-state index < -0.39 is 0 Å². The van der Waals surface area contributed by atoms with Crippen LogP contribution in [0.2, 0.25) is 0 Å². The molecule has 0 saturated carbocycles. The van der Waals surface area contributed by atoms with E-state index in [-0.39, 0.29) is 6.17 Å². The summed E-state index contributed by atoms with van der Waals surface area (Å²) in [5.74, 6) is 0. The second kappa shape index (κ2) is 5.03. The van der Waals surface area contributed by atoms with Gasteiger partial charge >= 0.3 is 0 Å². The second-order valence-electron chi connectivity index (χ2n) is 1.87. The van der Waals surface area contributed by atoms with E-state index in [2.05, 4.69) is 12.2 Å². The molecule has 0 saturated heterocycles. The van der Waals surface area contributed by atoms with E-state index in [1.807, 2.05) is 0 Å². The Bertz CT molecular complexity index is 44.9. The topological polar surface area (TPSA) is 64.1 Å². The van der Waals surface area contributed by atoms with Gasteiger partial charge in [0.2, 0.25) is 0 Å². The first-order chi connectivity index (χ1) is 3.77. The highest BCUT2D eigenvalue weighted by atomic mass is 15.0. The molecule has 3 nitrogen and oxygen atoms in total. The first-order valence-electron chi connectivity index (χ1n) is 2.99. The number of hydrogen-bond acceptors (Lipinski definition) is 3. The Morgan fingerprint density at radius 2 is 2.12 bits per heavy atom. The molecule has 0 aromatic rings. The fourth-order valence-corrected chi connectivity index (χ4v) is 0.446. The fraction of sp³-hybridized carbons (Fsp3) is 1.00. The summed E-state index contributed by atoms with van der Waals surface area (Å²) < 4.78 is 0. The van der Waals surface area contributed by atoms with Crippen molar-refractivity contribution in [2.24, 2.45) is 11.5 Å². The smallest absolute Gasteiger partial charge is 0.0649 e. The van der Waals surface area contributed by atoms with Crippen molar-refractivity contribution in [3.63, 3.8) is 0 Å². The van der Waals surface area contributed by atoms with Crippen molar-refractivity contribution in [1.29, 1.82) is 0 Å². The quantitative estimate of drug-likeness (QED) is 0.334. The Balaban J connectivity index is 2.72. The van der Waals surface area contributed by atoms with Gasteiger partial charge in [0, 0.05) is 6.54 Å². The van der Waals surface area contributed by atoms with Crippen LogP contribution >= 0.6 is 0 Å². The molecule has 0 aromatic carbocycles. The molecule has 0 radical (unpaired) electrons. The van der Waals surface area contributed by atoms with E-state index in [1.165, 1.54) is 0 Å². The predicted octanol–water partition coefficient (Wildman–Crippen LogP) is -0.770. The van der Waals surface area contributed by atoms with Gasteiger partial charge in [0.1, 0.15) is 0 Å². The Hall–Kier alpha value is -0.120. The van der Waals surface area contributed by atoms with Gasteiger partial charge in [0.15, 0.2) is 0 Å². The highest BCUT2D eigenvalue weighted by Gasteiger charge is 1.88. The molecule has 0 spiro atoms. The van der Waals surface area contributed by atoms with Crippen molar-refractivity contribution in [3.05, 3.63) is 0 Å². The minimum Gasteiger partial charge on any atom is -0.315 e. The summed E-state index contributed by atoms with van der Waals surface area (Å²) in [7, 11) is 0. The Labute approximate surface area is 50.4 Å². The van der Waals surface area contributed by atoms with Crippen molar-refractivity contribution < 1.29 is 0 Å². The van der Waals surface area contributed by atoms with Gasteiger partial charge in [-0.15, -0.1) is 0 Å². The second-order valence-corrected chi connectivity index (χ2v) is 1.87. The van der Waals surface area contributed by atoms with Gasteiger partial charge in [-0.3, -0.25) is 0 Å². The number of rotatable bonds is 4. The molecule has 0 rings (SSSR count). The van der Waals surface area contributed by atoms with Crippen LogP contribution in [0.3, 0.4) is 0 Å². The molecule has 5 N–H and O–H groups in total. The SMILES string of the molecule is CCCNCC(N)N. The van der Waals surface area contributed by atoms with E-state index in [9.17, 15) is 0 Å². The van der Waals surface area contributed by atoms with Crippen LogP contribution in [0.5, 0.6) is 0 Å². The van der Waals surface area contributed by atoms with E-state index >= 15 is 0 Å². The van der Waals surface area contributed by atoms with E-state index in [4.69, 9.17) is 11.5 Å². The fourth-order valence-electron chi connectivity index (χ4n) is 0.446. The zero-order valence-corrected chi connectivity index (χ0v) is 5.35. The lowest BCUT2D eigenvalue weighted by atomic mass is 10.4. The largest absolute Gasteiger partial charge is 0.315 e. The van der Waals surface area contributed by atoms with Crippen molar-refractivity contribution in [2.75, 3.05) is 13.1 Å². The first kappa shape index (κ1) is 7.88. The molecule has 0 bridgehead atoms. The molecule has 50 valence electrons. The lowest BCUT2D eigenvalue weighted by molar-refractivity contribution is 0.587. The van der Waals surface area contributed by atoms with Gasteiger partial charge in [0.25, 0.3) is 0 Å². The summed E-state index contributed by atoms with van der Waals surface area (Å²) >= 11 is 0. The summed E-state index contributed by atoms with van der Waals surface area (Å²) in [5.41, 5.74) is 10.5. The molecule has 0 fully saturated rings. The van der Waals surface area contributed by atoms with Crippen LogP contribution < -0.4 is 16.8 Å². The Kier molecular flexibility index (Phi) is 4.95. The number of nitrogens with one attached hydrogen (secondary N) is 1. The van der Waals surface area contributed by atoms with Crippen LogP contribution in [0.25, 0.3) is 0 Å². The third kappa shape index (κ3) is 5.88. The average Bonchev–Trinajstić information content (AvgIpc) is 1.66. The van der Waals surface area contributed by atoms with E-state index in [1.54, 1.807) is 0 Å². The molecule has 0 atom stereocenters. The van der Waals surface area contributed by atoms with Crippen molar-refractivity contribution >= 4 is 0 Å². The van der Waals surface area contributed by atoms with Gasteiger partial charge in [-0.05, 0) is 13.0 Å². The number of hydrogen-bond donors (Lipinski definition) is 3. The third-order valence-electron chi connectivity index (χ3n) is 0.807. The summed E-state index contributed by atoms with van der Waals surface area (Å²) in [5, 5.41) is 3.08. The molecule has 0 unspecified atom stereocenters. The number of nitrogens with two attached hydrogens (primary N) is 2. The average molecular weight is 117 g/mol. The van der Waals surface area contributed by atoms with E-state index in [0.29, 0.717) is 6.54 Å². The van der Waals surface area contributed by atoms with Gasteiger partial charge in [-0.1, -0.05) is 6.92 Å². The summed E-state index contributed by atoms with van der Waals surface area (Å²) in [6.07, 6.45) is 0.925. The highest BCUT2D eigenvalue weighted by Crippen LogP contribution is 1.68. The minimum absolute atomic E-state index is 0.207. The maximum absolute atomic E-state index is 5.25. The molecule has 0 aromatic heterocycles. The van der Waals surface area contributed by atoms with Crippen molar-refractivity contribution in [1.82, 2.24) is 5.32 Å². The highest BCUT2D eigenvalue weighted by molar-refractivity contribution is 4.53. The van der Waals surface area contributed by atoms with Gasteiger partial charge in [-0.2, -0.15) is 0 Å². The molecular weight excluding hydrogens is 102 g/mol. The molecule has 0 aliphatic heterocycles. The molecule has 0 heterocycles. The van der Waals surface area contributed by atoms with Crippen LogP contribution in [0.4, 0.5) is 0 Å². The monoisotopic (exact) mass is 117 g/mol. The van der Waals surface area contributed by atoms with Crippen molar-refractivity contribution in [3.8, 4) is 0 Å².